The summed E-state index contributed by atoms with van der Waals surface area (Å²) in [7, 11) is -1.33. The van der Waals surface area contributed by atoms with E-state index in [2.05, 4.69) is 24.7 Å². The molecule has 160 valence electrons. The Kier molecular flexibility index (Phi) is 6.46. The zero-order chi connectivity index (χ0) is 22.4. The average molecular weight is 442 g/mol. The van der Waals surface area contributed by atoms with Crippen LogP contribution in [-0.4, -0.2) is 44.5 Å². The molecule has 1 aromatic heterocycles. The monoisotopic (exact) mass is 442 g/mol. The van der Waals surface area contributed by atoms with E-state index in [9.17, 15) is 18.0 Å². The molecule has 0 aliphatic rings. The van der Waals surface area contributed by atoms with E-state index in [1.54, 1.807) is 0 Å². The number of amides is 1. The summed E-state index contributed by atoms with van der Waals surface area (Å²) in [4.78, 5) is 31.6. The average Bonchev–Trinajstić information content (AvgIpc) is 2.79. The maximum atomic E-state index is 12.6. The number of nitrogens with one attached hydrogen (secondary N) is 2. The predicted molar refractivity (Wildman–Crippen MR) is 112 cm³/mol. The number of esters is 1. The van der Waals surface area contributed by atoms with Gasteiger partial charge in [-0.1, -0.05) is 0 Å². The minimum Gasteiger partial charge on any atom is -0.478 e. The van der Waals surface area contributed by atoms with Crippen LogP contribution in [0.3, 0.4) is 0 Å². The lowest BCUT2D eigenvalue weighted by Gasteiger charge is -2.10. The van der Waals surface area contributed by atoms with Crippen LogP contribution in [0.4, 0.5) is 11.5 Å². The van der Waals surface area contributed by atoms with E-state index in [0.717, 1.165) is 0 Å². The Morgan fingerprint density at radius 3 is 2.10 bits per heavy atom. The number of ether oxygens (including phenoxy) is 2. The van der Waals surface area contributed by atoms with E-state index in [1.165, 1.54) is 75.1 Å². The molecule has 0 unspecified atom stereocenters. The Balaban J connectivity index is 1.70. The summed E-state index contributed by atoms with van der Waals surface area (Å²) < 4.78 is 37.1. The molecular formula is C20H18N4O6S. The first-order valence-corrected chi connectivity index (χ1v) is 10.3. The minimum atomic E-state index is -3.95. The molecule has 10 nitrogen and oxygen atoms in total. The smallest absolute Gasteiger partial charge is 0.337 e. The zero-order valence-electron chi connectivity index (χ0n) is 16.5. The molecule has 1 amide bonds. The second kappa shape index (κ2) is 9.22. The number of hydrogen-bond donors (Lipinski definition) is 2. The van der Waals surface area contributed by atoms with Crippen LogP contribution in [0.1, 0.15) is 20.7 Å². The van der Waals surface area contributed by atoms with Crippen LogP contribution in [0.5, 0.6) is 5.88 Å². The Morgan fingerprint density at radius 1 is 0.871 bits per heavy atom. The van der Waals surface area contributed by atoms with Crippen molar-refractivity contribution in [1.29, 1.82) is 0 Å². The molecule has 0 fully saturated rings. The first-order valence-electron chi connectivity index (χ1n) is 8.81. The van der Waals surface area contributed by atoms with E-state index >= 15 is 0 Å². The van der Waals surface area contributed by atoms with Crippen LogP contribution >= 0.6 is 0 Å². The second-order valence-corrected chi connectivity index (χ2v) is 7.75. The Hall–Kier alpha value is -3.99. The fourth-order valence-corrected chi connectivity index (χ4v) is 3.53. The van der Waals surface area contributed by atoms with Crippen molar-refractivity contribution in [3.8, 4) is 5.88 Å². The summed E-state index contributed by atoms with van der Waals surface area (Å²) in [6.07, 6.45) is 2.70. The van der Waals surface area contributed by atoms with Gasteiger partial charge >= 0.3 is 5.97 Å². The molecule has 0 bridgehead atoms. The van der Waals surface area contributed by atoms with Gasteiger partial charge in [-0.2, -0.15) is 0 Å². The van der Waals surface area contributed by atoms with Crippen molar-refractivity contribution >= 4 is 33.4 Å². The van der Waals surface area contributed by atoms with Crippen molar-refractivity contribution in [2.45, 2.75) is 4.90 Å². The number of anilines is 2. The third kappa shape index (κ3) is 5.14. The van der Waals surface area contributed by atoms with Crippen LogP contribution in [0.25, 0.3) is 0 Å². The van der Waals surface area contributed by atoms with E-state index in [4.69, 9.17) is 4.74 Å². The summed E-state index contributed by atoms with van der Waals surface area (Å²) in [6.45, 7) is 0. The second-order valence-electron chi connectivity index (χ2n) is 6.07. The van der Waals surface area contributed by atoms with Gasteiger partial charge in [0.2, 0.25) is 5.82 Å². The topological polar surface area (TPSA) is 137 Å². The van der Waals surface area contributed by atoms with Crippen LogP contribution in [0, 0.1) is 0 Å². The van der Waals surface area contributed by atoms with E-state index in [-0.39, 0.29) is 16.6 Å². The maximum absolute atomic E-state index is 12.6. The Labute approximate surface area is 178 Å². The molecule has 3 rings (SSSR count). The number of carbonyl (C=O) groups excluding carboxylic acids is 2. The normalized spacial score (nSPS) is 10.8. The predicted octanol–water partition coefficient (Wildman–Crippen LogP) is 2.32. The molecule has 0 saturated heterocycles. The molecule has 0 atom stereocenters. The van der Waals surface area contributed by atoms with Gasteiger partial charge in [0.25, 0.3) is 21.8 Å². The van der Waals surface area contributed by atoms with E-state index in [1.807, 2.05) is 0 Å². The highest BCUT2D eigenvalue weighted by molar-refractivity contribution is 7.92. The summed E-state index contributed by atoms with van der Waals surface area (Å²) in [5.74, 6) is -0.933. The number of benzene rings is 2. The van der Waals surface area contributed by atoms with Gasteiger partial charge < -0.3 is 14.8 Å². The first-order chi connectivity index (χ1) is 14.8. The summed E-state index contributed by atoms with van der Waals surface area (Å²) in [5, 5.41) is 2.65. The van der Waals surface area contributed by atoms with Crippen molar-refractivity contribution in [1.82, 2.24) is 9.97 Å². The molecule has 2 aromatic carbocycles. The van der Waals surface area contributed by atoms with Crippen molar-refractivity contribution in [2.24, 2.45) is 0 Å². The number of carbonyl (C=O) groups is 2. The molecule has 0 saturated carbocycles. The van der Waals surface area contributed by atoms with Crippen molar-refractivity contribution in [3.63, 3.8) is 0 Å². The molecule has 31 heavy (non-hydrogen) atoms. The molecule has 0 spiro atoms. The Bertz CT molecular complexity index is 1200. The lowest BCUT2D eigenvalue weighted by Crippen LogP contribution is -2.15. The standard InChI is InChI=1S/C20H18N4O6S/c1-29-19-17(21-11-12-22-19)24-31(27,28)16-9-7-15(8-10-16)23-18(25)13-3-5-14(6-4-13)20(26)30-2/h3-12H,1-2H3,(H,21,24)(H,23,25). The highest BCUT2D eigenvalue weighted by atomic mass is 32.2. The van der Waals surface area contributed by atoms with Crippen LogP contribution in [0.2, 0.25) is 0 Å². The lowest BCUT2D eigenvalue weighted by molar-refractivity contribution is 0.0600. The third-order valence-corrected chi connectivity index (χ3v) is 5.43. The third-order valence-electron chi connectivity index (χ3n) is 4.08. The van der Waals surface area contributed by atoms with Gasteiger partial charge in [-0.05, 0) is 48.5 Å². The van der Waals surface area contributed by atoms with Crippen molar-refractivity contribution in [2.75, 3.05) is 24.3 Å². The SMILES string of the molecule is COC(=O)c1ccc(C(=O)Nc2ccc(S(=O)(=O)Nc3nccnc3OC)cc2)cc1. The number of sulfonamides is 1. The zero-order valence-corrected chi connectivity index (χ0v) is 17.3. The Morgan fingerprint density at radius 2 is 1.48 bits per heavy atom. The molecule has 3 aromatic rings. The van der Waals surface area contributed by atoms with Gasteiger partial charge in [0.1, 0.15) is 0 Å². The van der Waals surface area contributed by atoms with Gasteiger partial charge in [-0.15, -0.1) is 0 Å². The molecule has 1 heterocycles. The lowest BCUT2D eigenvalue weighted by atomic mass is 10.1. The quantitative estimate of drug-likeness (QED) is 0.532. The number of nitrogens with zero attached hydrogens (tertiary/aromatic N) is 2. The van der Waals surface area contributed by atoms with Gasteiger partial charge in [0.05, 0.1) is 24.7 Å². The fraction of sp³-hybridized carbons (Fsp3) is 0.100. The van der Waals surface area contributed by atoms with Gasteiger partial charge in [0.15, 0.2) is 0 Å². The number of hydrogen-bond acceptors (Lipinski definition) is 8. The molecule has 2 N–H and O–H groups in total. The largest absolute Gasteiger partial charge is 0.478 e. The fourth-order valence-electron chi connectivity index (χ4n) is 2.53. The summed E-state index contributed by atoms with van der Waals surface area (Å²) >= 11 is 0. The van der Waals surface area contributed by atoms with E-state index < -0.39 is 21.9 Å². The van der Waals surface area contributed by atoms with Gasteiger partial charge in [-0.3, -0.25) is 9.52 Å². The molecule has 0 aliphatic carbocycles. The van der Waals surface area contributed by atoms with Crippen molar-refractivity contribution < 1.29 is 27.5 Å². The first kappa shape index (κ1) is 21.7. The van der Waals surface area contributed by atoms with Gasteiger partial charge in [0, 0.05) is 23.6 Å². The molecule has 0 radical (unpaired) electrons. The van der Waals surface area contributed by atoms with Crippen molar-refractivity contribution in [3.05, 3.63) is 72.1 Å². The number of methoxy groups -OCH3 is 2. The minimum absolute atomic E-state index is 0.0353. The van der Waals surface area contributed by atoms with Crippen LogP contribution in [-0.2, 0) is 14.8 Å². The highest BCUT2D eigenvalue weighted by Gasteiger charge is 2.18. The molecular weight excluding hydrogens is 424 g/mol. The molecule has 11 heteroatoms. The van der Waals surface area contributed by atoms with E-state index in [0.29, 0.717) is 16.8 Å². The maximum Gasteiger partial charge on any atom is 0.337 e. The highest BCUT2D eigenvalue weighted by Crippen LogP contribution is 2.22. The summed E-state index contributed by atoms with van der Waals surface area (Å²) in [6, 6.07) is 11.5. The number of aromatic nitrogens is 2. The summed E-state index contributed by atoms with van der Waals surface area (Å²) in [5.41, 5.74) is 1.03. The van der Waals surface area contributed by atoms with Crippen LogP contribution in [0.15, 0.2) is 65.8 Å². The van der Waals surface area contributed by atoms with Crippen LogP contribution < -0.4 is 14.8 Å². The number of rotatable bonds is 7. The molecule has 0 aliphatic heterocycles. The van der Waals surface area contributed by atoms with Gasteiger partial charge in [-0.25, -0.2) is 23.2 Å².